The van der Waals surface area contributed by atoms with Crippen molar-refractivity contribution >= 4 is 10.8 Å². The summed E-state index contributed by atoms with van der Waals surface area (Å²) in [4.78, 5) is 4.10. The molecule has 0 amide bonds. The predicted molar refractivity (Wildman–Crippen MR) is 94.1 cm³/mol. The highest BCUT2D eigenvalue weighted by Gasteiger charge is 2.59. The largest absolute Gasteiger partial charge is 0.494 e. The zero-order valence-electron chi connectivity index (χ0n) is 14.4. The topological polar surface area (TPSA) is 91.3 Å². The molecular weight excluding hydrogens is 330 g/mol. The quantitative estimate of drug-likeness (QED) is 0.702. The predicted octanol–water partition coefficient (Wildman–Crippen LogP) is 3.56. The Morgan fingerprint density at radius 2 is 1.73 bits per heavy atom. The minimum atomic E-state index is -0.596. The van der Waals surface area contributed by atoms with Crippen LogP contribution in [0.3, 0.4) is 0 Å². The van der Waals surface area contributed by atoms with Gasteiger partial charge in [-0.2, -0.15) is 5.26 Å². The van der Waals surface area contributed by atoms with E-state index in [1.807, 2.05) is 13.8 Å². The number of nitrogens with zero attached hydrogens (tertiary/aromatic N) is 3. The molecule has 5 rings (SSSR count). The van der Waals surface area contributed by atoms with Crippen molar-refractivity contribution < 1.29 is 14.9 Å². The van der Waals surface area contributed by atoms with Crippen molar-refractivity contribution in [2.75, 3.05) is 0 Å². The number of rotatable bonds is 1. The van der Waals surface area contributed by atoms with E-state index in [1.54, 1.807) is 30.6 Å². The van der Waals surface area contributed by atoms with Gasteiger partial charge in [0.1, 0.15) is 0 Å². The van der Waals surface area contributed by atoms with Crippen LogP contribution < -0.4 is 0 Å². The van der Waals surface area contributed by atoms with Crippen molar-refractivity contribution in [2.45, 2.75) is 37.9 Å². The maximum Gasteiger partial charge on any atom is 0.205 e. The third kappa shape index (κ3) is 1.61. The molecule has 2 aliphatic heterocycles. The molecule has 3 aromatic rings. The summed E-state index contributed by atoms with van der Waals surface area (Å²) < 4.78 is 7.60. The van der Waals surface area contributed by atoms with Crippen LogP contribution in [-0.2, 0) is 15.9 Å². The van der Waals surface area contributed by atoms with Gasteiger partial charge in [-0.1, -0.05) is 0 Å². The highest BCUT2D eigenvalue weighted by molar-refractivity contribution is 5.94. The summed E-state index contributed by atoms with van der Waals surface area (Å²) in [6.45, 7) is 3.91. The van der Waals surface area contributed by atoms with Gasteiger partial charge in [0.15, 0.2) is 0 Å². The highest BCUT2D eigenvalue weighted by atomic mass is 16.5. The molecule has 0 spiro atoms. The van der Waals surface area contributed by atoms with Crippen LogP contribution in [0.5, 0.6) is 11.8 Å². The van der Waals surface area contributed by atoms with E-state index in [1.165, 1.54) is 4.57 Å². The molecule has 0 unspecified atom stereocenters. The van der Waals surface area contributed by atoms with Crippen LogP contribution in [0, 0.1) is 11.3 Å². The molecule has 130 valence electrons. The van der Waals surface area contributed by atoms with Crippen LogP contribution in [0.2, 0.25) is 0 Å². The standard InChI is InChI=1S/C20H17N3O3/c1-19-6-7-20(2,26-19)16-15(19)17(24)23(18(16)25)14-4-3-11(9-21)13-10-22-8-5-12(13)14/h3-5,8,10,24-25H,6-7H2,1-2H3/t19-,20+. The Hall–Kier alpha value is -3.04. The van der Waals surface area contributed by atoms with E-state index in [0.29, 0.717) is 27.8 Å². The molecule has 6 nitrogen and oxygen atoms in total. The highest BCUT2D eigenvalue weighted by Crippen LogP contribution is 2.64. The second kappa shape index (κ2) is 4.57. The molecule has 1 saturated heterocycles. The van der Waals surface area contributed by atoms with Gasteiger partial charge in [-0.3, -0.25) is 9.55 Å². The van der Waals surface area contributed by atoms with Crippen LogP contribution in [0.4, 0.5) is 0 Å². The van der Waals surface area contributed by atoms with Crippen molar-refractivity contribution in [3.05, 3.63) is 47.3 Å². The number of hydrogen-bond donors (Lipinski definition) is 2. The van der Waals surface area contributed by atoms with Gasteiger partial charge in [-0.25, -0.2) is 0 Å². The van der Waals surface area contributed by atoms with E-state index in [4.69, 9.17) is 4.74 Å². The third-order valence-corrected chi connectivity index (χ3v) is 5.86. The Morgan fingerprint density at radius 3 is 2.35 bits per heavy atom. The van der Waals surface area contributed by atoms with Crippen LogP contribution >= 0.6 is 0 Å². The van der Waals surface area contributed by atoms with Crippen LogP contribution in [0.25, 0.3) is 16.5 Å². The minimum Gasteiger partial charge on any atom is -0.494 e. The fourth-order valence-electron chi connectivity index (χ4n) is 4.67. The molecule has 1 aromatic carbocycles. The zero-order valence-corrected chi connectivity index (χ0v) is 14.4. The van der Waals surface area contributed by atoms with Crippen molar-refractivity contribution in [1.82, 2.24) is 9.55 Å². The van der Waals surface area contributed by atoms with Gasteiger partial charge in [0.25, 0.3) is 0 Å². The molecule has 0 aliphatic carbocycles. The van der Waals surface area contributed by atoms with Crippen LogP contribution in [0.15, 0.2) is 30.6 Å². The molecule has 4 heterocycles. The van der Waals surface area contributed by atoms with Crippen molar-refractivity contribution in [1.29, 1.82) is 5.26 Å². The molecule has 0 radical (unpaired) electrons. The summed E-state index contributed by atoms with van der Waals surface area (Å²) in [5.74, 6) is -0.0162. The fourth-order valence-corrected chi connectivity index (χ4v) is 4.67. The Labute approximate surface area is 149 Å². The Morgan fingerprint density at radius 1 is 1.08 bits per heavy atom. The van der Waals surface area contributed by atoms with Crippen LogP contribution in [-0.4, -0.2) is 19.8 Å². The summed E-state index contributed by atoms with van der Waals surface area (Å²) >= 11 is 0. The molecule has 1 fully saturated rings. The van der Waals surface area contributed by atoms with Gasteiger partial charge in [0, 0.05) is 23.2 Å². The normalized spacial score (nSPS) is 26.2. The van der Waals surface area contributed by atoms with Crippen molar-refractivity contribution in [3.63, 3.8) is 0 Å². The van der Waals surface area contributed by atoms with E-state index >= 15 is 0 Å². The molecule has 2 aromatic heterocycles. The summed E-state index contributed by atoms with van der Waals surface area (Å²) in [7, 11) is 0. The van der Waals surface area contributed by atoms with Crippen molar-refractivity contribution in [2.24, 2.45) is 0 Å². The molecule has 2 bridgehead atoms. The number of nitriles is 1. The van der Waals surface area contributed by atoms with Gasteiger partial charge >= 0.3 is 0 Å². The zero-order chi connectivity index (χ0) is 18.3. The Balaban J connectivity index is 1.86. The lowest BCUT2D eigenvalue weighted by Crippen LogP contribution is -2.17. The summed E-state index contributed by atoms with van der Waals surface area (Å²) in [6.07, 6.45) is 4.85. The molecule has 2 aliphatic rings. The number of aromatic hydroxyl groups is 2. The van der Waals surface area contributed by atoms with E-state index in [0.717, 1.165) is 18.2 Å². The number of ether oxygens (including phenoxy) is 1. The maximum atomic E-state index is 11.0. The first-order valence-electron chi connectivity index (χ1n) is 8.54. The smallest absolute Gasteiger partial charge is 0.205 e. The van der Waals surface area contributed by atoms with E-state index in [9.17, 15) is 15.5 Å². The second-order valence-corrected chi connectivity index (χ2v) is 7.46. The Bertz CT molecular complexity index is 1100. The van der Waals surface area contributed by atoms with E-state index < -0.39 is 11.2 Å². The van der Waals surface area contributed by atoms with Crippen molar-refractivity contribution in [3.8, 4) is 23.5 Å². The molecule has 2 N–H and O–H groups in total. The van der Waals surface area contributed by atoms with Gasteiger partial charge in [0.05, 0.1) is 39.6 Å². The Kier molecular flexibility index (Phi) is 2.68. The average Bonchev–Trinajstić information content (AvgIpc) is 3.18. The minimum absolute atomic E-state index is 0.00811. The lowest BCUT2D eigenvalue weighted by atomic mass is 9.80. The third-order valence-electron chi connectivity index (χ3n) is 5.86. The number of pyridine rings is 1. The maximum absolute atomic E-state index is 11.0. The van der Waals surface area contributed by atoms with Gasteiger partial charge in [-0.15, -0.1) is 0 Å². The van der Waals surface area contributed by atoms with E-state index in [-0.39, 0.29) is 11.8 Å². The SMILES string of the molecule is C[C@]12CC[C@](C)(O1)c1c2c(O)n(-c2ccc(C#N)c3cnccc23)c1O. The molecule has 26 heavy (non-hydrogen) atoms. The number of benzene rings is 1. The second-order valence-electron chi connectivity index (χ2n) is 7.46. The summed E-state index contributed by atoms with van der Waals surface area (Å²) in [5, 5.41) is 32.8. The monoisotopic (exact) mass is 347 g/mol. The van der Waals surface area contributed by atoms with Gasteiger partial charge in [-0.05, 0) is 44.9 Å². The molecule has 6 heteroatoms. The van der Waals surface area contributed by atoms with Crippen LogP contribution in [0.1, 0.15) is 43.4 Å². The first-order chi connectivity index (χ1) is 12.4. The number of fused-ring (bicyclic) bond motifs is 6. The fraction of sp³-hybridized carbons (Fsp3) is 0.300. The molecular formula is C20H17N3O3. The number of aromatic nitrogens is 2. The average molecular weight is 347 g/mol. The lowest BCUT2D eigenvalue weighted by Gasteiger charge is -2.21. The molecule has 0 saturated carbocycles. The molecule has 2 atom stereocenters. The van der Waals surface area contributed by atoms with Gasteiger partial charge < -0.3 is 14.9 Å². The summed E-state index contributed by atoms with van der Waals surface area (Å²) in [5.41, 5.74) is 1.24. The lowest BCUT2D eigenvalue weighted by molar-refractivity contribution is -0.0683. The first kappa shape index (κ1) is 15.2. The van der Waals surface area contributed by atoms with E-state index in [2.05, 4.69) is 11.1 Å². The number of hydrogen-bond acceptors (Lipinski definition) is 5. The van der Waals surface area contributed by atoms with Gasteiger partial charge in [0.2, 0.25) is 11.8 Å². The summed E-state index contributed by atoms with van der Waals surface area (Å²) in [6, 6.07) is 7.36. The first-order valence-corrected chi connectivity index (χ1v) is 8.54.